The zero-order valence-corrected chi connectivity index (χ0v) is 16.9. The SMILES string of the molecule is Cc1nccn1[C@H]1C[C@H]2CN(C3CCCCC3)C[C@H]2C[C@@H]1Oc1ccccn1. The Morgan fingerprint density at radius 3 is 2.50 bits per heavy atom. The molecule has 3 heterocycles. The molecule has 1 aliphatic heterocycles. The highest BCUT2D eigenvalue weighted by atomic mass is 16.5. The molecule has 0 N–H and O–H groups in total. The molecule has 0 bridgehead atoms. The lowest BCUT2D eigenvalue weighted by molar-refractivity contribution is 0.0504. The normalized spacial score (nSPS) is 31.6. The number of pyridine rings is 1. The lowest BCUT2D eigenvalue weighted by atomic mass is 9.77. The minimum atomic E-state index is 0.162. The molecule has 2 aliphatic carbocycles. The van der Waals surface area contributed by atoms with E-state index in [1.807, 2.05) is 30.6 Å². The fraction of sp³-hybridized carbons (Fsp3) is 0.652. The van der Waals surface area contributed by atoms with Crippen molar-refractivity contribution in [3.8, 4) is 5.88 Å². The van der Waals surface area contributed by atoms with Crippen LogP contribution in [0.3, 0.4) is 0 Å². The molecule has 5 rings (SSSR count). The lowest BCUT2D eigenvalue weighted by Crippen LogP contribution is -2.40. The molecule has 2 saturated carbocycles. The van der Waals surface area contributed by atoms with Gasteiger partial charge in [-0.3, -0.25) is 4.90 Å². The van der Waals surface area contributed by atoms with Crippen molar-refractivity contribution in [1.29, 1.82) is 0 Å². The summed E-state index contributed by atoms with van der Waals surface area (Å²) in [5, 5.41) is 0. The van der Waals surface area contributed by atoms with E-state index < -0.39 is 0 Å². The number of imidazole rings is 1. The first kappa shape index (κ1) is 18.2. The van der Waals surface area contributed by atoms with E-state index >= 15 is 0 Å². The van der Waals surface area contributed by atoms with Gasteiger partial charge in [0.05, 0.1) is 6.04 Å². The summed E-state index contributed by atoms with van der Waals surface area (Å²) >= 11 is 0. The van der Waals surface area contributed by atoms with E-state index in [0.717, 1.165) is 36.0 Å². The van der Waals surface area contributed by atoms with Gasteiger partial charge in [0.2, 0.25) is 5.88 Å². The van der Waals surface area contributed by atoms with Gasteiger partial charge in [0, 0.05) is 43.8 Å². The third-order valence-electron chi connectivity index (χ3n) is 7.33. The van der Waals surface area contributed by atoms with Crippen LogP contribution < -0.4 is 4.74 Å². The van der Waals surface area contributed by atoms with E-state index in [1.54, 1.807) is 0 Å². The summed E-state index contributed by atoms with van der Waals surface area (Å²) in [7, 11) is 0. The predicted octanol–water partition coefficient (Wildman–Crippen LogP) is 4.25. The monoisotopic (exact) mass is 380 g/mol. The Kier molecular flexibility index (Phi) is 5.10. The van der Waals surface area contributed by atoms with Crippen LogP contribution in [0.4, 0.5) is 0 Å². The van der Waals surface area contributed by atoms with Crippen molar-refractivity contribution in [3.05, 3.63) is 42.6 Å². The number of hydrogen-bond donors (Lipinski definition) is 0. The van der Waals surface area contributed by atoms with E-state index in [0.29, 0.717) is 6.04 Å². The molecule has 2 aromatic rings. The third-order valence-corrected chi connectivity index (χ3v) is 7.33. The maximum atomic E-state index is 6.46. The number of fused-ring (bicyclic) bond motifs is 1. The van der Waals surface area contributed by atoms with Gasteiger partial charge in [-0.2, -0.15) is 0 Å². The molecule has 1 saturated heterocycles. The predicted molar refractivity (Wildman–Crippen MR) is 109 cm³/mol. The molecule has 0 amide bonds. The van der Waals surface area contributed by atoms with Gasteiger partial charge in [-0.05, 0) is 50.5 Å². The molecular formula is C23H32N4O. The summed E-state index contributed by atoms with van der Waals surface area (Å²) in [5.41, 5.74) is 0. The Morgan fingerprint density at radius 2 is 1.79 bits per heavy atom. The highest BCUT2D eigenvalue weighted by Gasteiger charge is 2.45. The average molecular weight is 381 g/mol. The van der Waals surface area contributed by atoms with Crippen LogP contribution in [-0.4, -0.2) is 44.7 Å². The second-order valence-electron chi connectivity index (χ2n) is 9.01. The van der Waals surface area contributed by atoms with E-state index in [2.05, 4.69) is 32.6 Å². The molecule has 0 unspecified atom stereocenters. The van der Waals surface area contributed by atoms with Crippen LogP contribution in [-0.2, 0) is 0 Å². The number of ether oxygens (including phenoxy) is 1. The molecule has 28 heavy (non-hydrogen) atoms. The molecule has 0 radical (unpaired) electrons. The first-order valence-electron chi connectivity index (χ1n) is 11.1. The van der Waals surface area contributed by atoms with E-state index in [4.69, 9.17) is 4.74 Å². The first-order chi connectivity index (χ1) is 13.8. The van der Waals surface area contributed by atoms with Crippen LogP contribution in [0.5, 0.6) is 5.88 Å². The van der Waals surface area contributed by atoms with Gasteiger partial charge in [-0.15, -0.1) is 0 Å². The van der Waals surface area contributed by atoms with Gasteiger partial charge in [0.25, 0.3) is 0 Å². The average Bonchev–Trinajstić information content (AvgIpc) is 3.34. The summed E-state index contributed by atoms with van der Waals surface area (Å²) in [5.74, 6) is 3.35. The molecule has 5 nitrogen and oxygen atoms in total. The number of likely N-dealkylation sites (tertiary alicyclic amines) is 1. The Balaban J connectivity index is 1.36. The van der Waals surface area contributed by atoms with Gasteiger partial charge in [-0.25, -0.2) is 9.97 Å². The molecule has 3 aliphatic rings. The fourth-order valence-corrected chi connectivity index (χ4v) is 5.90. The van der Waals surface area contributed by atoms with Crippen LogP contribution in [0, 0.1) is 18.8 Å². The van der Waals surface area contributed by atoms with Crippen molar-refractivity contribution in [3.63, 3.8) is 0 Å². The standard InChI is InChI=1S/C23H32N4O/c1-17-24-11-12-27(17)21-13-18-15-26(20-7-3-2-4-8-20)16-19(18)14-22(21)28-23-9-5-6-10-25-23/h5-6,9-12,18-22H,2-4,7-8,13-16H2,1H3/t18-,19+,21-,22-/m0/s1. The van der Waals surface area contributed by atoms with Crippen LogP contribution >= 0.6 is 0 Å². The summed E-state index contributed by atoms with van der Waals surface area (Å²) in [6.45, 7) is 4.63. The largest absolute Gasteiger partial charge is 0.472 e. The van der Waals surface area contributed by atoms with Crippen molar-refractivity contribution >= 4 is 0 Å². The van der Waals surface area contributed by atoms with Gasteiger partial charge < -0.3 is 9.30 Å². The maximum Gasteiger partial charge on any atom is 0.213 e. The maximum absolute atomic E-state index is 6.46. The Morgan fingerprint density at radius 1 is 0.964 bits per heavy atom. The van der Waals surface area contributed by atoms with Gasteiger partial charge >= 0.3 is 0 Å². The summed E-state index contributed by atoms with van der Waals surface area (Å²) in [6, 6.07) is 7.10. The molecule has 150 valence electrons. The highest BCUT2D eigenvalue weighted by Crippen LogP contribution is 2.44. The number of aromatic nitrogens is 3. The van der Waals surface area contributed by atoms with Gasteiger partial charge in [0.1, 0.15) is 11.9 Å². The van der Waals surface area contributed by atoms with Crippen molar-refractivity contribution in [2.45, 2.75) is 70.1 Å². The van der Waals surface area contributed by atoms with Crippen LogP contribution in [0.15, 0.2) is 36.8 Å². The lowest BCUT2D eigenvalue weighted by Gasteiger charge is -2.38. The fourth-order valence-electron chi connectivity index (χ4n) is 5.90. The molecule has 4 atom stereocenters. The molecule has 2 aromatic heterocycles. The van der Waals surface area contributed by atoms with E-state index in [-0.39, 0.29) is 6.10 Å². The Labute approximate surface area is 168 Å². The molecule has 5 heteroatoms. The zero-order valence-electron chi connectivity index (χ0n) is 16.9. The number of aryl methyl sites for hydroxylation is 1. The molecule has 0 aromatic carbocycles. The van der Waals surface area contributed by atoms with Gasteiger partial charge in [-0.1, -0.05) is 25.3 Å². The second kappa shape index (κ2) is 7.86. The van der Waals surface area contributed by atoms with Crippen LogP contribution in [0.1, 0.15) is 56.8 Å². The first-order valence-corrected chi connectivity index (χ1v) is 11.1. The summed E-state index contributed by atoms with van der Waals surface area (Å²) in [4.78, 5) is 11.7. The molecule has 3 fully saturated rings. The number of rotatable bonds is 4. The zero-order chi connectivity index (χ0) is 18.9. The quantitative estimate of drug-likeness (QED) is 0.795. The van der Waals surface area contributed by atoms with Gasteiger partial charge in [0.15, 0.2) is 0 Å². The van der Waals surface area contributed by atoms with Crippen molar-refractivity contribution in [1.82, 2.24) is 19.4 Å². The van der Waals surface area contributed by atoms with Crippen LogP contribution in [0.2, 0.25) is 0 Å². The summed E-state index contributed by atoms with van der Waals surface area (Å²) < 4.78 is 8.80. The molecular weight excluding hydrogens is 348 g/mol. The Bertz CT molecular complexity index is 770. The topological polar surface area (TPSA) is 43.2 Å². The van der Waals surface area contributed by atoms with Crippen LogP contribution in [0.25, 0.3) is 0 Å². The second-order valence-corrected chi connectivity index (χ2v) is 9.01. The van der Waals surface area contributed by atoms with E-state index in [9.17, 15) is 0 Å². The van der Waals surface area contributed by atoms with Crippen molar-refractivity contribution in [2.75, 3.05) is 13.1 Å². The van der Waals surface area contributed by atoms with Crippen molar-refractivity contribution < 1.29 is 4.74 Å². The Hall–Kier alpha value is -1.88. The number of hydrogen-bond acceptors (Lipinski definition) is 4. The van der Waals surface area contributed by atoms with E-state index in [1.165, 1.54) is 51.6 Å². The highest BCUT2D eigenvalue weighted by molar-refractivity contribution is 5.11. The minimum Gasteiger partial charge on any atom is -0.472 e. The summed E-state index contributed by atoms with van der Waals surface area (Å²) in [6.07, 6.45) is 15.4. The smallest absolute Gasteiger partial charge is 0.213 e. The van der Waals surface area contributed by atoms with Crippen molar-refractivity contribution in [2.24, 2.45) is 11.8 Å². The molecule has 0 spiro atoms. The number of nitrogens with zero attached hydrogens (tertiary/aromatic N) is 4. The minimum absolute atomic E-state index is 0.162. The third kappa shape index (κ3) is 3.57.